The van der Waals surface area contributed by atoms with Gasteiger partial charge in [0.15, 0.2) is 0 Å². The molecule has 2 aromatic heterocycles. The number of ether oxygens (including phenoxy) is 2. The number of methoxy groups -OCH3 is 2. The molecule has 20 heavy (non-hydrogen) atoms. The second kappa shape index (κ2) is 5.06. The van der Waals surface area contributed by atoms with Gasteiger partial charge in [-0.05, 0) is 6.07 Å². The molecule has 0 aliphatic carbocycles. The van der Waals surface area contributed by atoms with Gasteiger partial charge in [-0.1, -0.05) is 0 Å². The van der Waals surface area contributed by atoms with E-state index in [0.29, 0.717) is 11.3 Å². The molecule has 2 rings (SSSR count). The molecule has 0 amide bonds. The van der Waals surface area contributed by atoms with Crippen LogP contribution in [0.3, 0.4) is 0 Å². The Labute approximate surface area is 118 Å². The van der Waals surface area contributed by atoms with Crippen LogP contribution in [0.25, 0.3) is 10.1 Å². The molecule has 2 aromatic rings. The number of rotatable bonds is 2. The Hall–Kier alpha value is -1.61. The van der Waals surface area contributed by atoms with Gasteiger partial charge in [-0.15, -0.1) is 22.7 Å². The standard InChI is InChI=1S/C11H7F3O4S2/c1-17-9(15)7-4-3-5(11(12,13)14)19-6(4)8(20-7)10(16)18-2/h3H,1-2H3. The monoisotopic (exact) mass is 324 g/mol. The highest BCUT2D eigenvalue weighted by Crippen LogP contribution is 2.43. The Balaban J connectivity index is 2.72. The molecule has 0 saturated carbocycles. The number of esters is 2. The van der Waals surface area contributed by atoms with Gasteiger partial charge in [0, 0.05) is 5.39 Å². The van der Waals surface area contributed by atoms with Gasteiger partial charge in [-0.25, -0.2) is 9.59 Å². The molecule has 2 heterocycles. The van der Waals surface area contributed by atoms with Gasteiger partial charge >= 0.3 is 18.1 Å². The van der Waals surface area contributed by atoms with Crippen LogP contribution in [0.4, 0.5) is 13.2 Å². The average molecular weight is 324 g/mol. The fourth-order valence-corrected chi connectivity index (χ4v) is 3.83. The van der Waals surface area contributed by atoms with Crippen LogP contribution < -0.4 is 0 Å². The number of carbonyl (C=O) groups excluding carboxylic acids is 2. The summed E-state index contributed by atoms with van der Waals surface area (Å²) < 4.78 is 47.2. The number of alkyl halides is 3. The van der Waals surface area contributed by atoms with Crippen molar-refractivity contribution in [2.75, 3.05) is 14.2 Å². The third kappa shape index (κ3) is 2.38. The van der Waals surface area contributed by atoms with Gasteiger partial charge in [-0.3, -0.25) is 0 Å². The molecule has 108 valence electrons. The minimum atomic E-state index is -4.54. The van der Waals surface area contributed by atoms with E-state index in [0.717, 1.165) is 31.6 Å². The minimum absolute atomic E-state index is 0.0385. The molecule has 0 aromatic carbocycles. The fraction of sp³-hybridized carbons (Fsp3) is 0.273. The summed E-state index contributed by atoms with van der Waals surface area (Å²) in [6, 6.07) is 0.842. The summed E-state index contributed by atoms with van der Waals surface area (Å²) in [5.41, 5.74) is 0. The number of halogens is 3. The van der Waals surface area contributed by atoms with Crippen molar-refractivity contribution in [1.29, 1.82) is 0 Å². The van der Waals surface area contributed by atoms with Crippen LogP contribution in [0.2, 0.25) is 0 Å². The molecule has 0 unspecified atom stereocenters. The van der Waals surface area contributed by atoms with Gasteiger partial charge in [0.2, 0.25) is 0 Å². The molecule has 4 nitrogen and oxygen atoms in total. The molecule has 0 radical (unpaired) electrons. The lowest BCUT2D eigenvalue weighted by molar-refractivity contribution is -0.134. The molecule has 0 aliphatic heterocycles. The van der Waals surface area contributed by atoms with Crippen LogP contribution in [0, 0.1) is 0 Å². The fourth-order valence-electron chi connectivity index (χ4n) is 1.54. The van der Waals surface area contributed by atoms with E-state index in [2.05, 4.69) is 9.47 Å². The molecule has 0 bridgehead atoms. The van der Waals surface area contributed by atoms with E-state index >= 15 is 0 Å². The quantitative estimate of drug-likeness (QED) is 0.793. The normalized spacial score (nSPS) is 11.7. The zero-order chi connectivity index (χ0) is 15.1. The van der Waals surface area contributed by atoms with Gasteiger partial charge in [0.1, 0.15) is 14.6 Å². The van der Waals surface area contributed by atoms with Crippen LogP contribution in [0.5, 0.6) is 0 Å². The SMILES string of the molecule is COC(=O)c1sc(C(=O)OC)c2sc(C(F)(F)F)cc12. The van der Waals surface area contributed by atoms with Crippen LogP contribution in [0.1, 0.15) is 24.2 Å². The second-order valence-corrected chi connectivity index (χ2v) is 5.67. The van der Waals surface area contributed by atoms with Crippen molar-refractivity contribution in [2.24, 2.45) is 0 Å². The van der Waals surface area contributed by atoms with Crippen LogP contribution in [-0.2, 0) is 15.7 Å². The maximum atomic E-state index is 12.7. The average Bonchev–Trinajstić information content (AvgIpc) is 2.94. The van der Waals surface area contributed by atoms with Crippen molar-refractivity contribution in [2.45, 2.75) is 6.18 Å². The summed E-state index contributed by atoms with van der Waals surface area (Å²) in [6.07, 6.45) is -4.54. The van der Waals surface area contributed by atoms with E-state index in [-0.39, 0.29) is 19.8 Å². The first-order valence-electron chi connectivity index (χ1n) is 5.09. The third-order valence-electron chi connectivity index (χ3n) is 2.41. The Morgan fingerprint density at radius 1 is 1.05 bits per heavy atom. The molecule has 0 spiro atoms. The van der Waals surface area contributed by atoms with Crippen LogP contribution >= 0.6 is 22.7 Å². The molecule has 0 aliphatic rings. The van der Waals surface area contributed by atoms with E-state index in [4.69, 9.17) is 0 Å². The van der Waals surface area contributed by atoms with E-state index in [1.165, 1.54) is 0 Å². The molecule has 0 N–H and O–H groups in total. The second-order valence-electron chi connectivity index (χ2n) is 3.59. The molecule has 9 heteroatoms. The lowest BCUT2D eigenvalue weighted by Crippen LogP contribution is -2.02. The summed E-state index contributed by atoms with van der Waals surface area (Å²) >= 11 is 1.16. The van der Waals surface area contributed by atoms with Crippen molar-refractivity contribution >= 4 is 44.7 Å². The zero-order valence-electron chi connectivity index (χ0n) is 10.2. The van der Waals surface area contributed by atoms with Crippen LogP contribution in [0.15, 0.2) is 6.07 Å². The summed E-state index contributed by atoms with van der Waals surface area (Å²) in [7, 11) is 2.23. The van der Waals surface area contributed by atoms with E-state index < -0.39 is 23.0 Å². The number of fused-ring (bicyclic) bond motifs is 1. The Bertz CT molecular complexity index is 635. The van der Waals surface area contributed by atoms with E-state index in [9.17, 15) is 22.8 Å². The maximum absolute atomic E-state index is 12.7. The Kier molecular flexibility index (Phi) is 3.74. The highest BCUT2D eigenvalue weighted by atomic mass is 32.1. The van der Waals surface area contributed by atoms with Gasteiger partial charge < -0.3 is 9.47 Å². The van der Waals surface area contributed by atoms with Crippen molar-refractivity contribution in [3.8, 4) is 0 Å². The number of hydrogen-bond donors (Lipinski definition) is 0. The summed E-state index contributed by atoms with van der Waals surface area (Å²) in [6.45, 7) is 0. The predicted molar refractivity (Wildman–Crippen MR) is 67.4 cm³/mol. The van der Waals surface area contributed by atoms with Gasteiger partial charge in [0.05, 0.1) is 18.9 Å². The topological polar surface area (TPSA) is 52.6 Å². The maximum Gasteiger partial charge on any atom is 0.425 e. The lowest BCUT2D eigenvalue weighted by Gasteiger charge is -2.01. The predicted octanol–water partition coefficient (Wildman–Crippen LogP) is 3.55. The lowest BCUT2D eigenvalue weighted by atomic mass is 10.2. The van der Waals surface area contributed by atoms with Gasteiger partial charge in [0.25, 0.3) is 0 Å². The Morgan fingerprint density at radius 3 is 2.10 bits per heavy atom. The molecule has 0 atom stereocenters. The number of hydrogen-bond acceptors (Lipinski definition) is 6. The molecular weight excluding hydrogens is 317 g/mol. The Morgan fingerprint density at radius 2 is 1.60 bits per heavy atom. The van der Waals surface area contributed by atoms with Crippen LogP contribution in [-0.4, -0.2) is 26.2 Å². The van der Waals surface area contributed by atoms with E-state index in [1.54, 1.807) is 0 Å². The number of thiophene rings is 2. The first-order valence-corrected chi connectivity index (χ1v) is 6.73. The third-order valence-corrected chi connectivity index (χ3v) is 4.90. The largest absolute Gasteiger partial charge is 0.465 e. The summed E-state index contributed by atoms with van der Waals surface area (Å²) in [4.78, 5) is 22.2. The highest BCUT2D eigenvalue weighted by molar-refractivity contribution is 7.26. The van der Waals surface area contributed by atoms with Crippen molar-refractivity contribution in [1.82, 2.24) is 0 Å². The first kappa shape index (κ1) is 14.8. The molecule has 0 fully saturated rings. The summed E-state index contributed by atoms with van der Waals surface area (Å²) in [5.74, 6) is -1.58. The summed E-state index contributed by atoms with van der Waals surface area (Å²) in [5, 5.41) is 0.0552. The van der Waals surface area contributed by atoms with Gasteiger partial charge in [-0.2, -0.15) is 13.2 Å². The van der Waals surface area contributed by atoms with Crippen molar-refractivity contribution < 1.29 is 32.2 Å². The van der Waals surface area contributed by atoms with Crippen molar-refractivity contribution in [3.63, 3.8) is 0 Å². The smallest absolute Gasteiger partial charge is 0.425 e. The first-order chi connectivity index (χ1) is 9.29. The van der Waals surface area contributed by atoms with E-state index in [1.807, 2.05) is 0 Å². The molecule has 0 saturated heterocycles. The molecular formula is C11H7F3O4S2. The minimum Gasteiger partial charge on any atom is -0.465 e. The zero-order valence-corrected chi connectivity index (χ0v) is 11.8. The highest BCUT2D eigenvalue weighted by Gasteiger charge is 2.35. The van der Waals surface area contributed by atoms with Crippen molar-refractivity contribution in [3.05, 3.63) is 20.7 Å². The number of carbonyl (C=O) groups is 2.